The highest BCUT2D eigenvalue weighted by atomic mass is 14.9. The Morgan fingerprint density at radius 2 is 1.66 bits per heavy atom. The van der Waals surface area contributed by atoms with Crippen molar-refractivity contribution in [2.75, 3.05) is 0 Å². The number of hydrogen-bond donors (Lipinski definition) is 0. The molecule has 0 N–H and O–H groups in total. The van der Waals surface area contributed by atoms with Gasteiger partial charge in [0.1, 0.15) is 7.05 Å². The minimum absolute atomic E-state index is 0.266. The predicted molar refractivity (Wildman–Crippen MR) is 121 cm³/mol. The number of aryl methyl sites for hydroxylation is 3. The molecule has 0 saturated heterocycles. The van der Waals surface area contributed by atoms with Gasteiger partial charge in [0.25, 0.3) is 0 Å². The fraction of sp³-hybridized carbons (Fsp3) is 0.393. The summed E-state index contributed by atoms with van der Waals surface area (Å²) in [5.74, 6) is 0. The first-order valence-corrected chi connectivity index (χ1v) is 10.9. The van der Waals surface area contributed by atoms with E-state index in [4.69, 9.17) is 5.48 Å². The first kappa shape index (κ1) is 14.6. The Kier molecular flexibility index (Phi) is 3.74. The van der Waals surface area contributed by atoms with Crippen LogP contribution < -0.4 is 4.57 Å². The fourth-order valence-corrected chi connectivity index (χ4v) is 4.98. The van der Waals surface area contributed by atoms with E-state index in [2.05, 4.69) is 35.8 Å². The van der Waals surface area contributed by atoms with Crippen LogP contribution in [0.1, 0.15) is 60.7 Å². The monoisotopic (exact) mass is 386 g/mol. The second-order valence-corrected chi connectivity index (χ2v) is 8.81. The molecule has 1 spiro atoms. The average molecular weight is 387 g/mol. The van der Waals surface area contributed by atoms with Crippen molar-refractivity contribution in [2.24, 2.45) is 12.5 Å². The molecular weight excluding hydrogens is 350 g/mol. The van der Waals surface area contributed by atoms with Crippen molar-refractivity contribution in [3.05, 3.63) is 77.5 Å². The maximum Gasteiger partial charge on any atom is 0.213 e. The summed E-state index contributed by atoms with van der Waals surface area (Å²) in [6, 6.07) is 18.3. The first-order chi connectivity index (χ1) is 15.6. The zero-order valence-corrected chi connectivity index (χ0v) is 17.5. The van der Waals surface area contributed by atoms with Crippen molar-refractivity contribution < 1.29 is 10.1 Å². The third-order valence-electron chi connectivity index (χ3n) is 6.75. The van der Waals surface area contributed by atoms with Crippen molar-refractivity contribution >= 4 is 0 Å². The first-order valence-electron chi connectivity index (χ1n) is 12.9. The van der Waals surface area contributed by atoms with Crippen LogP contribution in [0, 0.1) is 12.3 Å². The molecule has 1 heteroatoms. The summed E-state index contributed by atoms with van der Waals surface area (Å²) in [4.78, 5) is 0. The zero-order chi connectivity index (χ0) is 23.4. The Hall–Kier alpha value is -2.41. The SMILES string of the molecule is [2H]C1([2H])CC2(CCCCC2)C([2H])([2H])c2ccc(-c3cc[n+](C)c(-c4ccccc4C)c3)cc21. The zero-order valence-electron chi connectivity index (χ0n) is 21.5. The number of aromatic nitrogens is 1. The minimum Gasteiger partial charge on any atom is -0.201 e. The second kappa shape index (κ2) is 7.44. The van der Waals surface area contributed by atoms with Crippen molar-refractivity contribution in [3.8, 4) is 22.4 Å². The van der Waals surface area contributed by atoms with Gasteiger partial charge in [-0.05, 0) is 78.2 Å². The molecule has 148 valence electrons. The summed E-state index contributed by atoms with van der Waals surface area (Å²) >= 11 is 0. The Morgan fingerprint density at radius 1 is 0.862 bits per heavy atom. The van der Waals surface area contributed by atoms with Gasteiger partial charge >= 0.3 is 0 Å². The molecule has 29 heavy (non-hydrogen) atoms. The van der Waals surface area contributed by atoms with Crippen LogP contribution in [0.2, 0.25) is 0 Å². The molecule has 0 aliphatic heterocycles. The van der Waals surface area contributed by atoms with E-state index in [0.717, 1.165) is 48.9 Å². The van der Waals surface area contributed by atoms with Crippen LogP contribution >= 0.6 is 0 Å². The molecule has 1 saturated carbocycles. The average Bonchev–Trinajstić information content (AvgIpc) is 2.79. The predicted octanol–water partition coefficient (Wildman–Crippen LogP) is 6.59. The molecule has 5 rings (SSSR count). The van der Waals surface area contributed by atoms with Gasteiger partial charge in [0.2, 0.25) is 5.69 Å². The highest BCUT2D eigenvalue weighted by molar-refractivity contribution is 5.71. The normalized spacial score (nSPS) is 23.4. The quantitative estimate of drug-likeness (QED) is 0.437. The summed E-state index contributed by atoms with van der Waals surface area (Å²) in [5.41, 5.74) is 5.90. The molecule has 2 aliphatic rings. The molecule has 0 radical (unpaired) electrons. The summed E-state index contributed by atoms with van der Waals surface area (Å²) in [7, 11) is 2.04. The number of nitrogens with zero attached hydrogens (tertiary/aromatic N) is 1. The lowest BCUT2D eigenvalue weighted by Crippen LogP contribution is -2.31. The van der Waals surface area contributed by atoms with E-state index in [-0.39, 0.29) is 6.42 Å². The van der Waals surface area contributed by atoms with Crippen LogP contribution in [0.15, 0.2) is 60.8 Å². The molecule has 0 unspecified atom stereocenters. The van der Waals surface area contributed by atoms with Gasteiger partial charge in [0.15, 0.2) is 6.20 Å². The number of rotatable bonds is 2. The minimum atomic E-state index is -1.54. The molecule has 1 fully saturated rings. The van der Waals surface area contributed by atoms with Gasteiger partial charge in [0, 0.05) is 23.2 Å². The van der Waals surface area contributed by atoms with E-state index < -0.39 is 18.2 Å². The Bertz CT molecular complexity index is 1210. The summed E-state index contributed by atoms with van der Waals surface area (Å²) < 4.78 is 38.2. The van der Waals surface area contributed by atoms with Gasteiger partial charge in [-0.15, -0.1) is 0 Å². The van der Waals surface area contributed by atoms with Gasteiger partial charge in [-0.1, -0.05) is 55.7 Å². The highest BCUT2D eigenvalue weighted by Gasteiger charge is 2.35. The van der Waals surface area contributed by atoms with E-state index in [0.29, 0.717) is 11.1 Å². The van der Waals surface area contributed by atoms with Crippen molar-refractivity contribution in [1.82, 2.24) is 0 Å². The van der Waals surface area contributed by atoms with Gasteiger partial charge in [-0.3, -0.25) is 0 Å². The maximum absolute atomic E-state index is 9.10. The number of fused-ring (bicyclic) bond motifs is 1. The standard InChI is InChI=1S/C28H32N/c1-21-8-4-5-9-26(21)27-19-24(13-17-29(27)2)22-10-11-25-20-28(14-6-3-7-15-28)16-12-23(25)18-22/h4-5,8-11,13,17-19H,3,6-7,12,14-16,20H2,1-2H3/q+1/i12D2,20D2. The number of hydrogen-bond acceptors (Lipinski definition) is 0. The third kappa shape index (κ3) is 3.52. The van der Waals surface area contributed by atoms with E-state index in [1.54, 1.807) is 0 Å². The molecule has 2 aliphatic carbocycles. The van der Waals surface area contributed by atoms with Gasteiger partial charge in [-0.25, -0.2) is 4.57 Å². The Morgan fingerprint density at radius 3 is 2.48 bits per heavy atom. The van der Waals surface area contributed by atoms with Crippen LogP contribution in [-0.2, 0) is 19.8 Å². The molecule has 0 amide bonds. The maximum atomic E-state index is 9.10. The molecule has 1 heterocycles. The number of benzene rings is 2. The molecule has 0 atom stereocenters. The third-order valence-corrected chi connectivity index (χ3v) is 6.75. The van der Waals surface area contributed by atoms with Crippen LogP contribution in [0.4, 0.5) is 0 Å². The highest BCUT2D eigenvalue weighted by Crippen LogP contribution is 2.46. The molecule has 2 aromatic carbocycles. The topological polar surface area (TPSA) is 3.88 Å². The largest absolute Gasteiger partial charge is 0.213 e. The van der Waals surface area contributed by atoms with Crippen LogP contribution in [0.3, 0.4) is 0 Å². The Labute approximate surface area is 181 Å². The Balaban J connectivity index is 1.62. The lowest BCUT2D eigenvalue weighted by atomic mass is 9.64. The van der Waals surface area contributed by atoms with E-state index >= 15 is 0 Å². The molecule has 3 aromatic rings. The molecule has 0 bridgehead atoms. The van der Waals surface area contributed by atoms with Gasteiger partial charge in [0.05, 0.1) is 0 Å². The van der Waals surface area contributed by atoms with E-state index in [1.165, 1.54) is 11.1 Å². The molecular formula is C28H32N+. The second-order valence-electron chi connectivity index (χ2n) is 8.81. The fourth-order valence-electron chi connectivity index (χ4n) is 4.98. The summed E-state index contributed by atoms with van der Waals surface area (Å²) in [5, 5.41) is 0. The van der Waals surface area contributed by atoms with Crippen molar-refractivity contribution in [3.63, 3.8) is 0 Å². The van der Waals surface area contributed by atoms with Gasteiger partial charge < -0.3 is 0 Å². The number of pyridine rings is 1. The van der Waals surface area contributed by atoms with E-state index in [1.807, 2.05) is 43.6 Å². The van der Waals surface area contributed by atoms with Crippen LogP contribution in [-0.4, -0.2) is 0 Å². The summed E-state index contributed by atoms with van der Waals surface area (Å²) in [6.45, 7) is 2.11. The van der Waals surface area contributed by atoms with E-state index in [9.17, 15) is 0 Å². The molecule has 1 aromatic heterocycles. The smallest absolute Gasteiger partial charge is 0.201 e. The van der Waals surface area contributed by atoms with Gasteiger partial charge in [-0.2, -0.15) is 0 Å². The van der Waals surface area contributed by atoms with Crippen molar-refractivity contribution in [2.45, 2.75) is 58.2 Å². The lowest BCUT2D eigenvalue weighted by molar-refractivity contribution is -0.660. The molecule has 1 nitrogen and oxygen atoms in total. The van der Waals surface area contributed by atoms with Crippen molar-refractivity contribution in [1.29, 1.82) is 0 Å². The van der Waals surface area contributed by atoms with Crippen LogP contribution in [0.5, 0.6) is 0 Å². The summed E-state index contributed by atoms with van der Waals surface area (Å²) in [6.07, 6.45) is 3.92. The lowest BCUT2D eigenvalue weighted by Gasteiger charge is -2.41. The van der Waals surface area contributed by atoms with Crippen LogP contribution in [0.25, 0.3) is 22.4 Å².